The number of unbranched alkanes of at least 4 members (excludes halogenated alkanes) is 1. The Labute approximate surface area is 190 Å². The van der Waals surface area contributed by atoms with Crippen molar-refractivity contribution in [1.29, 1.82) is 0 Å². The van der Waals surface area contributed by atoms with E-state index in [0.29, 0.717) is 30.6 Å². The molecule has 0 aliphatic carbocycles. The van der Waals surface area contributed by atoms with Crippen molar-refractivity contribution in [2.45, 2.75) is 60.3 Å². The molecule has 0 N–H and O–H groups in total. The van der Waals surface area contributed by atoms with E-state index in [2.05, 4.69) is 33.6 Å². The summed E-state index contributed by atoms with van der Waals surface area (Å²) in [5.74, 6) is 0.302. The lowest BCUT2D eigenvalue weighted by Crippen LogP contribution is -2.12. The quantitative estimate of drug-likeness (QED) is 0.279. The van der Waals surface area contributed by atoms with Crippen LogP contribution in [0.4, 0.5) is 0 Å². The summed E-state index contributed by atoms with van der Waals surface area (Å²) in [4.78, 5) is 21.5. The van der Waals surface area contributed by atoms with Crippen LogP contribution >= 0.6 is 0 Å². The fraction of sp³-hybridized carbons (Fsp3) is 0.481. The van der Waals surface area contributed by atoms with E-state index in [4.69, 9.17) is 9.47 Å². The van der Waals surface area contributed by atoms with Crippen molar-refractivity contribution in [3.63, 3.8) is 0 Å². The van der Waals surface area contributed by atoms with Gasteiger partial charge in [-0.15, -0.1) is 0 Å². The summed E-state index contributed by atoms with van der Waals surface area (Å²) in [7, 11) is 0. The molecule has 4 heteroatoms. The smallest absolute Gasteiger partial charge is 0.333 e. The second-order valence-corrected chi connectivity index (χ2v) is 7.64. The Morgan fingerprint density at radius 2 is 1.65 bits per heavy atom. The van der Waals surface area contributed by atoms with Gasteiger partial charge in [-0.1, -0.05) is 103 Å². The standard InChI is InChI=1S/C11H20O2.C8H14O2.C8H8/c1-4-7-8-10(5-2)9-13-11(12)6-3;1-6(2)5-10-8(9)7(3)4;1-2-8-6-4-3-5-7-8/h6,10H,3-5,7-9H2,1-2H3;6H,3,5H2,1-2,4H3;2-7H,1H2. The van der Waals surface area contributed by atoms with E-state index in [1.165, 1.54) is 24.5 Å². The summed E-state index contributed by atoms with van der Waals surface area (Å²) in [6, 6.07) is 10.0. The van der Waals surface area contributed by atoms with Crippen LogP contribution in [0.2, 0.25) is 0 Å². The van der Waals surface area contributed by atoms with Crippen molar-refractivity contribution in [3.8, 4) is 0 Å². The lowest BCUT2D eigenvalue weighted by molar-refractivity contribution is -0.140. The molecule has 174 valence electrons. The summed E-state index contributed by atoms with van der Waals surface area (Å²) in [5, 5.41) is 0. The van der Waals surface area contributed by atoms with E-state index >= 15 is 0 Å². The summed E-state index contributed by atoms with van der Waals surface area (Å²) in [6.07, 6.45) is 7.68. The number of carbonyl (C=O) groups is 2. The van der Waals surface area contributed by atoms with Crippen LogP contribution in [0.15, 0.2) is 61.7 Å². The van der Waals surface area contributed by atoms with E-state index in [1.807, 2.05) is 50.3 Å². The third-order valence-electron chi connectivity index (χ3n) is 4.10. The van der Waals surface area contributed by atoms with Gasteiger partial charge >= 0.3 is 11.9 Å². The maximum Gasteiger partial charge on any atom is 0.333 e. The van der Waals surface area contributed by atoms with Gasteiger partial charge in [-0.25, -0.2) is 9.59 Å². The lowest BCUT2D eigenvalue weighted by Gasteiger charge is -2.13. The number of carbonyl (C=O) groups excluding carboxylic acids is 2. The van der Waals surface area contributed by atoms with Crippen molar-refractivity contribution >= 4 is 18.0 Å². The molecule has 0 saturated carbocycles. The molecule has 0 aliphatic heterocycles. The average Bonchev–Trinajstić information content (AvgIpc) is 2.78. The van der Waals surface area contributed by atoms with Crippen LogP contribution in [0.1, 0.15) is 65.9 Å². The number of benzene rings is 1. The third kappa shape index (κ3) is 20.4. The summed E-state index contributed by atoms with van der Waals surface area (Å²) in [6.45, 7) is 21.4. The molecule has 1 aromatic carbocycles. The van der Waals surface area contributed by atoms with E-state index in [1.54, 1.807) is 6.92 Å². The molecule has 1 unspecified atom stereocenters. The zero-order chi connectivity index (χ0) is 24.1. The van der Waals surface area contributed by atoms with Gasteiger partial charge in [0.25, 0.3) is 0 Å². The van der Waals surface area contributed by atoms with E-state index < -0.39 is 0 Å². The highest BCUT2D eigenvalue weighted by atomic mass is 16.5. The number of hydrogen-bond acceptors (Lipinski definition) is 4. The minimum Gasteiger partial charge on any atom is -0.462 e. The predicted octanol–water partition coefficient (Wildman–Crippen LogP) is 7.02. The van der Waals surface area contributed by atoms with E-state index in [0.717, 1.165) is 12.8 Å². The van der Waals surface area contributed by atoms with Crippen LogP contribution < -0.4 is 0 Å². The van der Waals surface area contributed by atoms with Gasteiger partial charge in [-0.3, -0.25) is 0 Å². The van der Waals surface area contributed by atoms with Gasteiger partial charge in [0.05, 0.1) is 13.2 Å². The second-order valence-electron chi connectivity index (χ2n) is 7.64. The molecule has 0 aliphatic rings. The topological polar surface area (TPSA) is 52.6 Å². The molecular weight excluding hydrogens is 388 g/mol. The molecule has 4 nitrogen and oxygen atoms in total. The molecule has 0 heterocycles. The van der Waals surface area contributed by atoms with Crippen LogP contribution in [0, 0.1) is 11.8 Å². The minimum absolute atomic E-state index is 0.297. The number of rotatable bonds is 11. The number of ether oxygens (including phenoxy) is 2. The maximum absolute atomic E-state index is 10.8. The SMILES string of the molecule is C=C(C)C(=O)OCC(C)C.C=CC(=O)OCC(CC)CCCC.C=Cc1ccccc1. The van der Waals surface area contributed by atoms with Crippen molar-refractivity contribution in [2.24, 2.45) is 11.8 Å². The summed E-state index contributed by atoms with van der Waals surface area (Å²) in [5.41, 5.74) is 1.63. The first kappa shape index (κ1) is 30.6. The summed E-state index contributed by atoms with van der Waals surface area (Å²) < 4.78 is 9.81. The molecule has 1 aromatic rings. The first-order chi connectivity index (χ1) is 14.7. The van der Waals surface area contributed by atoms with Crippen LogP contribution in [-0.2, 0) is 19.1 Å². The Balaban J connectivity index is 0. The normalized spacial score (nSPS) is 10.4. The molecule has 0 spiro atoms. The molecule has 1 rings (SSSR count). The van der Waals surface area contributed by atoms with E-state index in [9.17, 15) is 9.59 Å². The van der Waals surface area contributed by atoms with E-state index in [-0.39, 0.29) is 11.9 Å². The minimum atomic E-state index is -0.310. The fourth-order valence-corrected chi connectivity index (χ4v) is 2.11. The lowest BCUT2D eigenvalue weighted by atomic mass is 10.0. The predicted molar refractivity (Wildman–Crippen MR) is 132 cm³/mol. The zero-order valence-electron chi connectivity index (χ0n) is 20.2. The molecule has 0 bridgehead atoms. The van der Waals surface area contributed by atoms with Crippen molar-refractivity contribution in [2.75, 3.05) is 13.2 Å². The number of esters is 2. The second kappa shape index (κ2) is 20.6. The maximum atomic E-state index is 10.8. The molecule has 0 saturated heterocycles. The monoisotopic (exact) mass is 430 g/mol. The summed E-state index contributed by atoms with van der Waals surface area (Å²) >= 11 is 0. The molecule has 0 aromatic heterocycles. The Morgan fingerprint density at radius 3 is 2.03 bits per heavy atom. The molecule has 1 atom stereocenters. The van der Waals surface area contributed by atoms with Gasteiger partial charge in [0.2, 0.25) is 0 Å². The highest BCUT2D eigenvalue weighted by Gasteiger charge is 2.07. The molecule has 31 heavy (non-hydrogen) atoms. The Hall–Kier alpha value is -2.62. The Bertz CT molecular complexity index is 632. The largest absolute Gasteiger partial charge is 0.462 e. The van der Waals surface area contributed by atoms with Crippen LogP contribution in [0.25, 0.3) is 6.08 Å². The third-order valence-corrected chi connectivity index (χ3v) is 4.10. The average molecular weight is 431 g/mol. The zero-order valence-corrected chi connectivity index (χ0v) is 20.2. The molecule has 0 radical (unpaired) electrons. The van der Waals surface area contributed by atoms with Gasteiger partial charge < -0.3 is 9.47 Å². The Kier molecular flexibility index (Phi) is 20.4. The first-order valence-corrected chi connectivity index (χ1v) is 11.0. The number of hydrogen-bond donors (Lipinski definition) is 0. The fourth-order valence-electron chi connectivity index (χ4n) is 2.11. The van der Waals surface area contributed by atoms with Gasteiger partial charge in [0.15, 0.2) is 0 Å². The Morgan fingerprint density at radius 1 is 1.03 bits per heavy atom. The van der Waals surface area contributed by atoms with Gasteiger partial charge in [-0.2, -0.15) is 0 Å². The molecule has 0 fully saturated rings. The molecule has 0 amide bonds. The van der Waals surface area contributed by atoms with Crippen molar-refractivity contribution in [3.05, 3.63) is 67.3 Å². The highest BCUT2D eigenvalue weighted by Crippen LogP contribution is 2.12. The van der Waals surface area contributed by atoms with Crippen molar-refractivity contribution < 1.29 is 19.1 Å². The van der Waals surface area contributed by atoms with Crippen LogP contribution in [0.5, 0.6) is 0 Å². The van der Waals surface area contributed by atoms with Crippen LogP contribution in [0.3, 0.4) is 0 Å². The van der Waals surface area contributed by atoms with Gasteiger partial charge in [0, 0.05) is 11.6 Å². The van der Waals surface area contributed by atoms with Gasteiger partial charge in [-0.05, 0) is 30.7 Å². The van der Waals surface area contributed by atoms with Crippen molar-refractivity contribution in [1.82, 2.24) is 0 Å². The first-order valence-electron chi connectivity index (χ1n) is 11.0. The van der Waals surface area contributed by atoms with Gasteiger partial charge in [0.1, 0.15) is 0 Å². The van der Waals surface area contributed by atoms with Crippen LogP contribution in [-0.4, -0.2) is 25.2 Å². The molecular formula is C27H42O4. The highest BCUT2D eigenvalue weighted by molar-refractivity contribution is 5.86.